The smallest absolute Gasteiger partial charge is 0.352 e. The van der Waals surface area contributed by atoms with Gasteiger partial charge in [-0.2, -0.15) is 0 Å². The van der Waals surface area contributed by atoms with E-state index in [-0.39, 0.29) is 34.6 Å². The molecule has 9 nitrogen and oxygen atoms in total. The molecule has 3 aromatic carbocycles. The number of benzene rings is 3. The summed E-state index contributed by atoms with van der Waals surface area (Å²) >= 11 is 19.7. The molecule has 212 valence electrons. The van der Waals surface area contributed by atoms with E-state index in [0.717, 1.165) is 4.90 Å². The normalized spacial score (nSPS) is 18.7. The molecule has 1 fully saturated rings. The lowest BCUT2D eigenvalue weighted by atomic mass is 10.0. The van der Waals surface area contributed by atoms with Crippen molar-refractivity contribution in [2.45, 2.75) is 17.5 Å². The molecule has 3 atom stereocenters. The molecule has 0 spiro atoms. The quantitative estimate of drug-likeness (QED) is 0.272. The van der Waals surface area contributed by atoms with Crippen LogP contribution in [0.5, 0.6) is 17.2 Å². The third kappa shape index (κ3) is 6.12. The van der Waals surface area contributed by atoms with E-state index in [4.69, 9.17) is 50.0 Å². The van der Waals surface area contributed by atoms with Gasteiger partial charge in [-0.05, 0) is 35.9 Å². The average molecular weight is 635 g/mol. The predicted octanol–water partition coefficient (Wildman–Crippen LogP) is 5.26. The molecule has 0 aliphatic carbocycles. The minimum absolute atomic E-state index is 0.161. The topological polar surface area (TPSA) is 131 Å². The molecule has 4 N–H and O–H groups in total. The van der Waals surface area contributed by atoms with Gasteiger partial charge in [-0.1, -0.05) is 65.1 Å². The number of nitrogens with two attached hydrogens (primary N) is 1. The van der Waals surface area contributed by atoms with Crippen LogP contribution in [-0.2, 0) is 14.4 Å². The van der Waals surface area contributed by atoms with Crippen molar-refractivity contribution in [3.63, 3.8) is 0 Å². The van der Waals surface area contributed by atoms with Gasteiger partial charge in [0.15, 0.2) is 11.5 Å². The summed E-state index contributed by atoms with van der Waals surface area (Å²) in [4.78, 5) is 39.2. The number of thioether (sulfide) groups is 1. The zero-order valence-electron chi connectivity index (χ0n) is 21.1. The summed E-state index contributed by atoms with van der Waals surface area (Å²) in [5.74, 6) is -1.27. The van der Waals surface area contributed by atoms with Crippen LogP contribution in [0.2, 0.25) is 15.1 Å². The molecule has 0 saturated carbocycles. The minimum atomic E-state index is -1.29. The fraction of sp³-hybridized carbons (Fsp3) is 0.179. The highest BCUT2D eigenvalue weighted by atomic mass is 35.5. The largest absolute Gasteiger partial charge is 0.485 e. The van der Waals surface area contributed by atoms with Gasteiger partial charge in [0.25, 0.3) is 5.91 Å². The second-order valence-electron chi connectivity index (χ2n) is 9.10. The number of aliphatic carboxylic acids is 1. The van der Waals surface area contributed by atoms with Gasteiger partial charge >= 0.3 is 5.97 Å². The van der Waals surface area contributed by atoms with Crippen molar-refractivity contribution in [1.29, 1.82) is 0 Å². The fourth-order valence-corrected chi connectivity index (χ4v) is 6.31. The van der Waals surface area contributed by atoms with Crippen LogP contribution in [0.4, 0.5) is 0 Å². The second-order valence-corrected chi connectivity index (χ2v) is 11.5. The molecule has 5 rings (SSSR count). The summed E-state index contributed by atoms with van der Waals surface area (Å²) in [6.45, 7) is -0.161. The predicted molar refractivity (Wildman–Crippen MR) is 157 cm³/mol. The highest BCUT2D eigenvalue weighted by Gasteiger charge is 2.54. The Kier molecular flexibility index (Phi) is 8.67. The van der Waals surface area contributed by atoms with Crippen LogP contribution in [0.25, 0.3) is 0 Å². The van der Waals surface area contributed by atoms with Crippen molar-refractivity contribution in [3.8, 4) is 17.2 Å². The lowest BCUT2D eigenvalue weighted by molar-refractivity contribution is -0.151. The zero-order chi connectivity index (χ0) is 29.3. The molecule has 13 heteroatoms. The Hall–Kier alpha value is -3.41. The Morgan fingerprint density at radius 1 is 1.02 bits per heavy atom. The van der Waals surface area contributed by atoms with Crippen molar-refractivity contribution >= 4 is 64.3 Å². The van der Waals surface area contributed by atoms with E-state index in [9.17, 15) is 19.5 Å². The van der Waals surface area contributed by atoms with Crippen molar-refractivity contribution in [2.24, 2.45) is 5.73 Å². The number of carboxylic acid groups (broad SMARTS) is 1. The first-order valence-corrected chi connectivity index (χ1v) is 14.4. The highest BCUT2D eigenvalue weighted by molar-refractivity contribution is 8.00. The van der Waals surface area contributed by atoms with Gasteiger partial charge in [0, 0.05) is 27.4 Å². The van der Waals surface area contributed by atoms with Gasteiger partial charge in [0.2, 0.25) is 5.91 Å². The fourth-order valence-electron chi connectivity index (χ4n) is 4.37. The van der Waals surface area contributed by atoms with E-state index in [1.54, 1.807) is 54.6 Å². The van der Waals surface area contributed by atoms with E-state index < -0.39 is 35.2 Å². The molecular weight excluding hydrogens is 613 g/mol. The Morgan fingerprint density at radius 2 is 1.71 bits per heavy atom. The van der Waals surface area contributed by atoms with Crippen molar-refractivity contribution in [2.75, 3.05) is 12.4 Å². The second kappa shape index (κ2) is 12.2. The molecule has 41 heavy (non-hydrogen) atoms. The molecule has 1 saturated heterocycles. The van der Waals surface area contributed by atoms with Crippen LogP contribution in [0, 0.1) is 0 Å². The van der Waals surface area contributed by atoms with Gasteiger partial charge < -0.3 is 25.6 Å². The maximum Gasteiger partial charge on any atom is 0.352 e. The summed E-state index contributed by atoms with van der Waals surface area (Å²) in [5, 5.41) is 13.2. The molecule has 0 bridgehead atoms. The SMILES string of the molecule is NC(C(=O)NC1C(=O)N2C(C(=O)O)=C(COc3cc(Cl)ccc3Oc3ccc(Cl)cc3Cl)CS[C@@H]12)c1ccccc1. The van der Waals surface area contributed by atoms with E-state index >= 15 is 0 Å². The molecule has 2 amide bonds. The number of hydrogen-bond acceptors (Lipinski definition) is 7. The number of carbonyl (C=O) groups is 3. The number of carboxylic acids is 1. The highest BCUT2D eigenvalue weighted by Crippen LogP contribution is 2.42. The molecule has 0 aromatic heterocycles. The van der Waals surface area contributed by atoms with Crippen LogP contribution in [0.3, 0.4) is 0 Å². The molecule has 3 aromatic rings. The zero-order valence-corrected chi connectivity index (χ0v) is 24.1. The minimum Gasteiger partial charge on any atom is -0.485 e. The van der Waals surface area contributed by atoms with E-state index in [1.807, 2.05) is 0 Å². The number of carbonyl (C=O) groups excluding carboxylic acids is 2. The van der Waals surface area contributed by atoms with Crippen molar-refractivity contribution < 1.29 is 29.0 Å². The molecule has 0 radical (unpaired) electrons. The summed E-state index contributed by atoms with van der Waals surface area (Å²) in [6, 6.07) is 16.3. The number of hydrogen-bond donors (Lipinski definition) is 3. The first-order valence-electron chi connectivity index (χ1n) is 12.2. The monoisotopic (exact) mass is 633 g/mol. The Labute approximate surface area is 254 Å². The van der Waals surface area contributed by atoms with Crippen LogP contribution < -0.4 is 20.5 Å². The number of ether oxygens (including phenoxy) is 2. The summed E-state index contributed by atoms with van der Waals surface area (Å²) in [6.07, 6.45) is 0. The van der Waals surface area contributed by atoms with E-state index in [2.05, 4.69) is 5.32 Å². The van der Waals surface area contributed by atoms with Gasteiger partial charge in [0.1, 0.15) is 35.5 Å². The third-order valence-electron chi connectivity index (χ3n) is 6.41. The van der Waals surface area contributed by atoms with Crippen LogP contribution in [-0.4, -0.2) is 51.6 Å². The van der Waals surface area contributed by atoms with E-state index in [0.29, 0.717) is 26.9 Å². The molecule has 2 aliphatic heterocycles. The summed E-state index contributed by atoms with van der Waals surface area (Å²) < 4.78 is 11.9. The van der Waals surface area contributed by atoms with Crippen molar-refractivity contribution in [1.82, 2.24) is 10.2 Å². The molecule has 2 heterocycles. The Balaban J connectivity index is 1.31. The number of nitrogens with zero attached hydrogens (tertiary/aromatic N) is 1. The molecule has 2 unspecified atom stereocenters. The lowest BCUT2D eigenvalue weighted by Crippen LogP contribution is -2.71. The maximum atomic E-state index is 13.0. The first-order chi connectivity index (χ1) is 19.6. The first kappa shape index (κ1) is 29.1. The average Bonchev–Trinajstić information content (AvgIpc) is 2.96. The Bertz CT molecular complexity index is 1550. The number of amides is 2. The van der Waals surface area contributed by atoms with Gasteiger partial charge in [-0.15, -0.1) is 11.8 Å². The maximum absolute atomic E-state index is 13.0. The van der Waals surface area contributed by atoms with Crippen molar-refractivity contribution in [3.05, 3.63) is 98.6 Å². The number of nitrogens with one attached hydrogen (secondary N) is 1. The molecular formula is C28H22Cl3N3O6S. The Morgan fingerprint density at radius 3 is 2.39 bits per heavy atom. The lowest BCUT2D eigenvalue weighted by Gasteiger charge is -2.49. The van der Waals surface area contributed by atoms with Gasteiger partial charge in [-0.3, -0.25) is 14.5 Å². The number of halogens is 3. The third-order valence-corrected chi connectivity index (χ3v) is 8.52. The summed E-state index contributed by atoms with van der Waals surface area (Å²) in [7, 11) is 0. The van der Waals surface area contributed by atoms with Gasteiger partial charge in [-0.25, -0.2) is 4.79 Å². The van der Waals surface area contributed by atoms with Crippen LogP contribution >= 0.6 is 46.6 Å². The van der Waals surface area contributed by atoms with Gasteiger partial charge in [0.05, 0.1) is 5.02 Å². The number of fused-ring (bicyclic) bond motifs is 1. The number of rotatable bonds is 9. The molecule has 2 aliphatic rings. The summed E-state index contributed by atoms with van der Waals surface area (Å²) in [5.41, 5.74) is 6.83. The van der Waals surface area contributed by atoms with Crippen LogP contribution in [0.15, 0.2) is 78.0 Å². The number of β-lactam (4-membered cyclic amide) rings is 1. The van der Waals surface area contributed by atoms with Crippen LogP contribution in [0.1, 0.15) is 11.6 Å². The van der Waals surface area contributed by atoms with E-state index in [1.165, 1.54) is 23.9 Å². The standard InChI is InChI=1S/C28H22Cl3N3O6S/c29-16-6-8-19(18(31)10-16)40-20-9-7-17(30)11-21(20)39-12-15-13-41-27-23(26(36)34(27)24(15)28(37)38)33-25(35)22(32)14-4-2-1-3-5-14/h1-11,22-23,27H,12-13,32H2,(H,33,35)(H,37,38)/t22?,23?,27-/m0/s1.